The van der Waals surface area contributed by atoms with Gasteiger partial charge >= 0.3 is 0 Å². The molecule has 0 saturated heterocycles. The largest absolute Gasteiger partial charge is 0.485 e. The average molecular weight is 297 g/mol. The summed E-state index contributed by atoms with van der Waals surface area (Å²) < 4.78 is 6.24. The zero-order chi connectivity index (χ0) is 14.5. The molecule has 3 heteroatoms. The minimum atomic E-state index is 0.110. The van der Waals surface area contributed by atoms with E-state index < -0.39 is 0 Å². The van der Waals surface area contributed by atoms with Crippen molar-refractivity contribution in [1.29, 1.82) is 0 Å². The lowest BCUT2D eigenvalue weighted by atomic mass is 10.1. The van der Waals surface area contributed by atoms with Crippen molar-refractivity contribution >= 4 is 22.1 Å². The highest BCUT2D eigenvalue weighted by Gasteiger charge is 2.14. The number of nitrogens with one attached hydrogen (secondary N) is 1. The van der Waals surface area contributed by atoms with Crippen LogP contribution in [0.3, 0.4) is 0 Å². The van der Waals surface area contributed by atoms with Crippen LogP contribution in [0.5, 0.6) is 5.75 Å². The molecule has 1 N–H and O–H groups in total. The Balaban J connectivity index is 1.83. The van der Waals surface area contributed by atoms with Crippen molar-refractivity contribution in [3.63, 3.8) is 0 Å². The lowest BCUT2D eigenvalue weighted by molar-refractivity contribution is 0.199. The molecule has 0 aliphatic rings. The summed E-state index contributed by atoms with van der Waals surface area (Å²) in [5.74, 6) is 0.934. The molecule has 0 radical (unpaired) electrons. The fraction of sp³-hybridized carbons (Fsp3) is 0.222. The maximum atomic E-state index is 6.24. The Morgan fingerprint density at radius 1 is 1.05 bits per heavy atom. The topological polar surface area (TPSA) is 21.3 Å². The van der Waals surface area contributed by atoms with Crippen LogP contribution in [0.2, 0.25) is 0 Å². The van der Waals surface area contributed by atoms with E-state index in [2.05, 4.69) is 65.3 Å². The van der Waals surface area contributed by atoms with Crippen molar-refractivity contribution in [3.8, 4) is 5.75 Å². The predicted octanol–water partition coefficient (Wildman–Crippen LogP) is 4.63. The molecule has 0 saturated carbocycles. The maximum absolute atomic E-state index is 6.24. The molecule has 0 spiro atoms. The van der Waals surface area contributed by atoms with Gasteiger partial charge in [0.15, 0.2) is 0 Å². The van der Waals surface area contributed by atoms with Crippen LogP contribution in [0.1, 0.15) is 17.4 Å². The summed E-state index contributed by atoms with van der Waals surface area (Å²) in [6.07, 6.45) is 1.07. The quantitative estimate of drug-likeness (QED) is 0.716. The Kier molecular flexibility index (Phi) is 4.53. The molecular formula is C18H19NOS. The van der Waals surface area contributed by atoms with Crippen LogP contribution in [0, 0.1) is 0 Å². The fourth-order valence-electron chi connectivity index (χ4n) is 2.41. The van der Waals surface area contributed by atoms with Gasteiger partial charge in [-0.05, 0) is 47.9 Å². The van der Waals surface area contributed by atoms with Crippen molar-refractivity contribution in [2.75, 3.05) is 13.6 Å². The van der Waals surface area contributed by atoms with E-state index >= 15 is 0 Å². The molecule has 0 fully saturated rings. The van der Waals surface area contributed by atoms with Gasteiger partial charge in [0.05, 0.1) is 0 Å². The van der Waals surface area contributed by atoms with E-state index in [1.165, 1.54) is 15.6 Å². The molecule has 2 aromatic carbocycles. The number of benzene rings is 2. The van der Waals surface area contributed by atoms with Crippen LogP contribution < -0.4 is 10.1 Å². The molecule has 3 rings (SSSR count). The minimum Gasteiger partial charge on any atom is -0.485 e. The van der Waals surface area contributed by atoms with Crippen molar-refractivity contribution < 1.29 is 4.74 Å². The van der Waals surface area contributed by atoms with Crippen molar-refractivity contribution in [2.24, 2.45) is 0 Å². The highest BCUT2D eigenvalue weighted by molar-refractivity contribution is 7.10. The molecule has 0 aliphatic heterocycles. The van der Waals surface area contributed by atoms with Gasteiger partial charge in [0.25, 0.3) is 0 Å². The number of hydrogen-bond acceptors (Lipinski definition) is 3. The third kappa shape index (κ3) is 3.43. The van der Waals surface area contributed by atoms with Crippen LogP contribution >= 0.6 is 11.3 Å². The molecule has 1 heterocycles. The summed E-state index contributed by atoms with van der Waals surface area (Å²) in [5, 5.41) is 7.76. The van der Waals surface area contributed by atoms with E-state index in [0.29, 0.717) is 0 Å². The first kappa shape index (κ1) is 14.1. The standard InChI is InChI=1S/C18H19NOS/c1-19-11-10-17(18-7-4-12-21-18)20-16-9-8-14-5-2-3-6-15(14)13-16/h2-9,12-13,17,19H,10-11H2,1H3/t17-/m1/s1. The zero-order valence-corrected chi connectivity index (χ0v) is 12.9. The molecule has 1 atom stereocenters. The fourth-order valence-corrected chi connectivity index (χ4v) is 3.20. The van der Waals surface area contributed by atoms with Gasteiger partial charge in [-0.1, -0.05) is 36.4 Å². The Morgan fingerprint density at radius 3 is 2.67 bits per heavy atom. The zero-order valence-electron chi connectivity index (χ0n) is 12.1. The summed E-state index contributed by atoms with van der Waals surface area (Å²) in [6.45, 7) is 0.941. The Bertz CT molecular complexity index is 693. The first-order valence-electron chi connectivity index (χ1n) is 7.20. The Hall–Kier alpha value is -1.84. The summed E-state index contributed by atoms with van der Waals surface area (Å²) in [4.78, 5) is 1.28. The molecule has 108 valence electrons. The molecule has 3 aromatic rings. The number of ether oxygens (including phenoxy) is 1. The van der Waals surface area contributed by atoms with E-state index in [1.807, 2.05) is 7.05 Å². The first-order chi connectivity index (χ1) is 10.4. The minimum absolute atomic E-state index is 0.110. The van der Waals surface area contributed by atoms with Gasteiger partial charge in [0.2, 0.25) is 0 Å². The lowest BCUT2D eigenvalue weighted by Crippen LogP contribution is -2.15. The Labute approximate surface area is 129 Å². The molecule has 2 nitrogen and oxygen atoms in total. The van der Waals surface area contributed by atoms with Crippen LogP contribution in [-0.4, -0.2) is 13.6 Å². The highest BCUT2D eigenvalue weighted by atomic mass is 32.1. The lowest BCUT2D eigenvalue weighted by Gasteiger charge is -2.18. The van der Waals surface area contributed by atoms with Gasteiger partial charge in [0.1, 0.15) is 11.9 Å². The number of hydrogen-bond donors (Lipinski definition) is 1. The van der Waals surface area contributed by atoms with Gasteiger partial charge in [-0.3, -0.25) is 0 Å². The summed E-state index contributed by atoms with van der Waals surface area (Å²) >= 11 is 1.75. The average Bonchev–Trinajstić information content (AvgIpc) is 3.05. The summed E-state index contributed by atoms with van der Waals surface area (Å²) in [6, 6.07) is 18.9. The predicted molar refractivity (Wildman–Crippen MR) is 90.2 cm³/mol. The smallest absolute Gasteiger partial charge is 0.134 e. The molecule has 0 unspecified atom stereocenters. The molecule has 0 bridgehead atoms. The van der Waals surface area contributed by atoms with E-state index in [-0.39, 0.29) is 6.10 Å². The SMILES string of the molecule is CNCC[C@@H](Oc1ccc2ccccc2c1)c1cccs1. The first-order valence-corrected chi connectivity index (χ1v) is 8.08. The van der Waals surface area contributed by atoms with E-state index in [4.69, 9.17) is 4.74 Å². The van der Waals surface area contributed by atoms with E-state index in [9.17, 15) is 0 Å². The maximum Gasteiger partial charge on any atom is 0.134 e. The van der Waals surface area contributed by atoms with Crippen molar-refractivity contribution in [3.05, 3.63) is 64.9 Å². The number of thiophene rings is 1. The normalized spacial score (nSPS) is 12.4. The van der Waals surface area contributed by atoms with Crippen molar-refractivity contribution in [2.45, 2.75) is 12.5 Å². The van der Waals surface area contributed by atoms with Gasteiger partial charge in [-0.2, -0.15) is 0 Å². The second-order valence-electron chi connectivity index (χ2n) is 5.02. The van der Waals surface area contributed by atoms with E-state index in [0.717, 1.165) is 18.7 Å². The van der Waals surface area contributed by atoms with Gasteiger partial charge in [-0.25, -0.2) is 0 Å². The third-order valence-electron chi connectivity index (χ3n) is 3.52. The summed E-state index contributed by atoms with van der Waals surface area (Å²) in [5.41, 5.74) is 0. The second kappa shape index (κ2) is 6.74. The molecule has 21 heavy (non-hydrogen) atoms. The third-order valence-corrected chi connectivity index (χ3v) is 4.48. The molecular weight excluding hydrogens is 278 g/mol. The van der Waals surface area contributed by atoms with Gasteiger partial charge in [-0.15, -0.1) is 11.3 Å². The van der Waals surface area contributed by atoms with Gasteiger partial charge in [0, 0.05) is 11.3 Å². The molecule has 0 aliphatic carbocycles. The van der Waals surface area contributed by atoms with Gasteiger partial charge < -0.3 is 10.1 Å². The summed E-state index contributed by atoms with van der Waals surface area (Å²) in [7, 11) is 1.97. The molecule has 0 amide bonds. The van der Waals surface area contributed by atoms with Crippen LogP contribution in [0.25, 0.3) is 10.8 Å². The van der Waals surface area contributed by atoms with Crippen LogP contribution in [0.4, 0.5) is 0 Å². The number of fused-ring (bicyclic) bond motifs is 1. The second-order valence-corrected chi connectivity index (χ2v) is 6.00. The van der Waals surface area contributed by atoms with Crippen LogP contribution in [-0.2, 0) is 0 Å². The highest BCUT2D eigenvalue weighted by Crippen LogP contribution is 2.29. The number of rotatable bonds is 6. The van der Waals surface area contributed by atoms with E-state index in [1.54, 1.807) is 11.3 Å². The molecule has 1 aromatic heterocycles. The monoisotopic (exact) mass is 297 g/mol. The van der Waals surface area contributed by atoms with Crippen LogP contribution in [0.15, 0.2) is 60.0 Å². The Morgan fingerprint density at radius 2 is 1.90 bits per heavy atom. The van der Waals surface area contributed by atoms with Crippen molar-refractivity contribution in [1.82, 2.24) is 5.32 Å².